The average molecular weight is 964 g/mol. The highest BCUT2D eigenvalue weighted by molar-refractivity contribution is 5.96. The standard InChI is InChI=1S/C50H73N7O12/c1-47(2,3)67-44(63)51-27-18-17-24-35(41(60)56-29-26-50(32-56,43(62)66-10)55-46(65)69-49(7,8)9)52-40(59)38-25-19-28-57(38)42(61)37(31-34-22-15-12-16-23-34)53-39(58)36(30-33-20-13-11-14-21-33)54-45(64)68-48(4,5)6/h11-16,20-23,35-38H,17-19,24-32H2,1-10H3,(H,51,63)(H,52,59)(H,53,58)(H,54,64)(H,55,65)/t35-,36-,37-,38-,50?/m1/s1. The average Bonchev–Trinajstić information content (AvgIpc) is 3.92. The van der Waals surface area contributed by atoms with E-state index in [0.29, 0.717) is 19.3 Å². The second-order valence-corrected chi connectivity index (χ2v) is 20.5. The van der Waals surface area contributed by atoms with Crippen molar-refractivity contribution in [2.45, 2.75) is 160 Å². The van der Waals surface area contributed by atoms with Gasteiger partial charge in [0.25, 0.3) is 0 Å². The molecule has 2 aliphatic heterocycles. The van der Waals surface area contributed by atoms with Crippen molar-refractivity contribution in [3.8, 4) is 0 Å². The molecule has 2 aromatic rings. The van der Waals surface area contributed by atoms with Crippen molar-refractivity contribution in [3.05, 3.63) is 71.8 Å². The molecule has 69 heavy (non-hydrogen) atoms. The maximum absolute atomic E-state index is 14.8. The van der Waals surface area contributed by atoms with Gasteiger partial charge in [0.1, 0.15) is 41.0 Å². The second-order valence-electron chi connectivity index (χ2n) is 20.5. The summed E-state index contributed by atoms with van der Waals surface area (Å²) < 4.78 is 21.3. The number of nitrogens with zero attached hydrogens (tertiary/aromatic N) is 2. The Labute approximate surface area is 405 Å². The molecule has 19 heteroatoms. The Bertz CT molecular complexity index is 2100. The summed E-state index contributed by atoms with van der Waals surface area (Å²) in [5, 5.41) is 13.8. The molecule has 2 aliphatic rings. The van der Waals surface area contributed by atoms with Gasteiger partial charge in [-0.2, -0.15) is 0 Å². The predicted octanol–water partition coefficient (Wildman–Crippen LogP) is 4.69. The molecule has 5 N–H and O–H groups in total. The molecule has 5 atom stereocenters. The van der Waals surface area contributed by atoms with E-state index in [1.54, 1.807) is 74.4 Å². The van der Waals surface area contributed by atoms with Crippen molar-refractivity contribution in [1.29, 1.82) is 0 Å². The largest absolute Gasteiger partial charge is 0.467 e. The number of likely N-dealkylation sites (tertiary alicyclic amines) is 2. The van der Waals surface area contributed by atoms with E-state index in [9.17, 15) is 38.4 Å². The van der Waals surface area contributed by atoms with Crippen LogP contribution in [0.5, 0.6) is 0 Å². The molecular formula is C50H73N7O12. The Hall–Kier alpha value is -6.40. The van der Waals surface area contributed by atoms with Crippen molar-refractivity contribution < 1.29 is 57.3 Å². The van der Waals surface area contributed by atoms with Gasteiger partial charge in [-0.1, -0.05) is 60.7 Å². The molecule has 1 unspecified atom stereocenters. The number of ether oxygens (including phenoxy) is 4. The number of benzene rings is 2. The molecular weight excluding hydrogens is 891 g/mol. The normalized spacial score (nSPS) is 18.4. The summed E-state index contributed by atoms with van der Waals surface area (Å²) in [5.41, 5.74) is -2.57. The molecule has 2 aromatic carbocycles. The molecule has 2 saturated heterocycles. The van der Waals surface area contributed by atoms with Gasteiger partial charge < -0.3 is 55.3 Å². The van der Waals surface area contributed by atoms with Crippen molar-refractivity contribution in [2.24, 2.45) is 0 Å². The number of alkyl carbamates (subject to hydrolysis) is 3. The maximum Gasteiger partial charge on any atom is 0.408 e. The highest BCUT2D eigenvalue weighted by atomic mass is 16.6. The van der Waals surface area contributed by atoms with E-state index in [0.717, 1.165) is 11.1 Å². The first-order chi connectivity index (χ1) is 32.3. The molecule has 0 saturated carbocycles. The molecule has 2 fully saturated rings. The molecule has 380 valence electrons. The first-order valence-corrected chi connectivity index (χ1v) is 23.6. The van der Waals surface area contributed by atoms with Gasteiger partial charge in [-0.3, -0.25) is 19.2 Å². The number of carbonyl (C=O) groups is 8. The Morgan fingerprint density at radius 2 is 1.20 bits per heavy atom. The number of hydrogen-bond donors (Lipinski definition) is 5. The van der Waals surface area contributed by atoms with Gasteiger partial charge in [0.2, 0.25) is 23.6 Å². The number of esters is 1. The fourth-order valence-electron chi connectivity index (χ4n) is 8.07. The smallest absolute Gasteiger partial charge is 0.408 e. The SMILES string of the molecule is COC(=O)C1(NC(=O)OC(C)(C)C)CCN(C(=O)[C@@H](CCCCNC(=O)OC(C)(C)C)NC(=O)[C@H]2CCCN2C(=O)[C@@H](Cc2ccccc2)NC(=O)[C@@H](Cc2ccccc2)NC(=O)OC(C)(C)C)C1. The van der Waals surface area contributed by atoms with Gasteiger partial charge in [-0.05, 0) is 106 Å². The summed E-state index contributed by atoms with van der Waals surface area (Å²) in [7, 11) is 1.17. The van der Waals surface area contributed by atoms with Gasteiger partial charge in [0.05, 0.1) is 13.7 Å². The lowest BCUT2D eigenvalue weighted by Gasteiger charge is -2.32. The molecule has 0 bridgehead atoms. The number of hydrogen-bond acceptors (Lipinski definition) is 12. The lowest BCUT2D eigenvalue weighted by atomic mass is 9.99. The summed E-state index contributed by atoms with van der Waals surface area (Å²) in [6.07, 6.45) is -0.532. The third-order valence-electron chi connectivity index (χ3n) is 11.1. The minimum Gasteiger partial charge on any atom is -0.467 e. The summed E-state index contributed by atoms with van der Waals surface area (Å²) in [6.45, 7) is 15.5. The van der Waals surface area contributed by atoms with E-state index in [1.165, 1.54) is 16.9 Å². The van der Waals surface area contributed by atoms with Crippen LogP contribution in [0, 0.1) is 0 Å². The first-order valence-electron chi connectivity index (χ1n) is 23.6. The summed E-state index contributed by atoms with van der Waals surface area (Å²) in [5.74, 6) is -3.09. The lowest BCUT2D eigenvalue weighted by Crippen LogP contribution is -2.60. The number of nitrogens with one attached hydrogen (secondary N) is 5. The quantitative estimate of drug-likeness (QED) is 0.0777. The number of rotatable bonds is 18. The number of carbonyl (C=O) groups excluding carboxylic acids is 8. The number of amides is 7. The van der Waals surface area contributed by atoms with Crippen LogP contribution in [-0.4, -0.2) is 137 Å². The van der Waals surface area contributed by atoms with E-state index in [2.05, 4.69) is 26.6 Å². The van der Waals surface area contributed by atoms with Crippen LogP contribution in [0.2, 0.25) is 0 Å². The summed E-state index contributed by atoms with van der Waals surface area (Å²) in [6, 6.07) is 13.7. The molecule has 0 spiro atoms. The number of methoxy groups -OCH3 is 1. The zero-order chi connectivity index (χ0) is 51.2. The minimum atomic E-state index is -1.63. The zero-order valence-electron chi connectivity index (χ0n) is 41.9. The molecule has 7 amide bonds. The Balaban J connectivity index is 1.58. The van der Waals surface area contributed by atoms with Gasteiger partial charge in [0.15, 0.2) is 5.54 Å². The topological polar surface area (TPSA) is 240 Å². The van der Waals surface area contributed by atoms with Gasteiger partial charge >= 0.3 is 24.2 Å². The predicted molar refractivity (Wildman–Crippen MR) is 255 cm³/mol. The van der Waals surface area contributed by atoms with Crippen molar-refractivity contribution in [2.75, 3.05) is 33.3 Å². The fraction of sp³-hybridized carbons (Fsp3) is 0.600. The first kappa shape index (κ1) is 55.2. The van der Waals surface area contributed by atoms with Crippen molar-refractivity contribution in [3.63, 3.8) is 0 Å². The van der Waals surface area contributed by atoms with Crippen LogP contribution in [0.1, 0.15) is 112 Å². The van der Waals surface area contributed by atoms with E-state index in [1.807, 2.05) is 48.5 Å². The van der Waals surface area contributed by atoms with Crippen molar-refractivity contribution in [1.82, 2.24) is 36.4 Å². The van der Waals surface area contributed by atoms with E-state index < -0.39 is 94.4 Å². The fourth-order valence-corrected chi connectivity index (χ4v) is 8.07. The summed E-state index contributed by atoms with van der Waals surface area (Å²) >= 11 is 0. The lowest BCUT2D eigenvalue weighted by molar-refractivity contribution is -0.148. The van der Waals surface area contributed by atoms with Gasteiger partial charge in [-0.15, -0.1) is 0 Å². The minimum absolute atomic E-state index is 0.00403. The van der Waals surface area contributed by atoms with Crippen LogP contribution in [0.15, 0.2) is 60.7 Å². The third-order valence-corrected chi connectivity index (χ3v) is 11.1. The van der Waals surface area contributed by atoms with Crippen LogP contribution in [0.25, 0.3) is 0 Å². The van der Waals surface area contributed by atoms with Gasteiger partial charge in [0, 0.05) is 38.9 Å². The highest BCUT2D eigenvalue weighted by Gasteiger charge is 2.50. The molecule has 19 nitrogen and oxygen atoms in total. The zero-order valence-corrected chi connectivity index (χ0v) is 41.9. The molecule has 4 rings (SSSR count). The van der Waals surface area contributed by atoms with Crippen molar-refractivity contribution >= 4 is 47.9 Å². The molecule has 0 aliphatic carbocycles. The molecule has 0 aromatic heterocycles. The number of unbranched alkanes of at least 4 members (excludes halogenated alkanes) is 1. The van der Waals surface area contributed by atoms with E-state index in [-0.39, 0.29) is 58.3 Å². The summed E-state index contributed by atoms with van der Waals surface area (Å²) in [4.78, 5) is 112. The van der Waals surface area contributed by atoms with Crippen LogP contribution in [-0.2, 0) is 55.8 Å². The van der Waals surface area contributed by atoms with Crippen LogP contribution < -0.4 is 26.6 Å². The van der Waals surface area contributed by atoms with Crippen LogP contribution in [0.4, 0.5) is 14.4 Å². The second kappa shape index (κ2) is 24.2. The molecule has 0 radical (unpaired) electrons. The third kappa shape index (κ3) is 17.9. The Morgan fingerprint density at radius 3 is 1.77 bits per heavy atom. The van der Waals surface area contributed by atoms with Gasteiger partial charge in [-0.25, -0.2) is 19.2 Å². The van der Waals surface area contributed by atoms with E-state index >= 15 is 0 Å². The van der Waals surface area contributed by atoms with Crippen LogP contribution >= 0.6 is 0 Å². The maximum atomic E-state index is 14.8. The Morgan fingerprint density at radius 1 is 0.652 bits per heavy atom. The highest BCUT2D eigenvalue weighted by Crippen LogP contribution is 2.27. The van der Waals surface area contributed by atoms with E-state index in [4.69, 9.17) is 18.9 Å². The Kier molecular flexibility index (Phi) is 19.4. The van der Waals surface area contributed by atoms with Crippen LogP contribution in [0.3, 0.4) is 0 Å². The monoisotopic (exact) mass is 964 g/mol. The molecule has 2 heterocycles.